The van der Waals surface area contributed by atoms with Crippen LogP contribution < -0.4 is 5.32 Å². The average Bonchev–Trinajstić information content (AvgIpc) is 2.64. The van der Waals surface area contributed by atoms with E-state index in [0.717, 1.165) is 24.8 Å². The number of fused-ring (bicyclic) bond motifs is 2. The van der Waals surface area contributed by atoms with E-state index in [1.807, 2.05) is 37.3 Å². The second-order valence-corrected chi connectivity index (χ2v) is 7.62. The number of rotatable bonds is 6. The Balaban J connectivity index is 1.40. The van der Waals surface area contributed by atoms with Crippen LogP contribution in [0.4, 0.5) is 0 Å². The Morgan fingerprint density at radius 1 is 1.15 bits per heavy atom. The molecule has 2 aliphatic carbocycles. The van der Waals surface area contributed by atoms with Gasteiger partial charge >= 0.3 is 5.97 Å². The quantitative estimate of drug-likeness (QED) is 0.795. The predicted octanol–water partition coefficient (Wildman–Crippen LogP) is 2.84. The highest BCUT2D eigenvalue weighted by atomic mass is 16.5. The predicted molar refractivity (Wildman–Crippen MR) is 97.4 cm³/mol. The number of ketones is 1. The van der Waals surface area contributed by atoms with Crippen LogP contribution in [-0.4, -0.2) is 30.8 Å². The minimum absolute atomic E-state index is 0.0144. The van der Waals surface area contributed by atoms with Crippen LogP contribution in [0.2, 0.25) is 0 Å². The molecule has 26 heavy (non-hydrogen) atoms. The van der Waals surface area contributed by atoms with E-state index in [-0.39, 0.29) is 42.2 Å². The van der Waals surface area contributed by atoms with Crippen LogP contribution in [0.3, 0.4) is 0 Å². The average molecular weight is 357 g/mol. The molecule has 0 saturated heterocycles. The zero-order valence-electron chi connectivity index (χ0n) is 15.3. The number of carbonyl (C=O) groups is 3. The highest BCUT2D eigenvalue weighted by Gasteiger charge is 2.41. The van der Waals surface area contributed by atoms with E-state index in [1.54, 1.807) is 0 Å². The lowest BCUT2D eigenvalue weighted by Crippen LogP contribution is -2.40. The van der Waals surface area contributed by atoms with Gasteiger partial charge in [-0.15, -0.1) is 0 Å². The third-order valence-electron chi connectivity index (χ3n) is 5.70. The molecular formula is C21H27NO4. The van der Waals surface area contributed by atoms with Gasteiger partial charge in [-0.25, -0.2) is 0 Å². The highest BCUT2D eigenvalue weighted by Crippen LogP contribution is 2.40. The van der Waals surface area contributed by atoms with Crippen molar-refractivity contribution in [1.82, 2.24) is 5.32 Å². The largest absolute Gasteiger partial charge is 0.455 e. The van der Waals surface area contributed by atoms with Gasteiger partial charge < -0.3 is 10.1 Å². The lowest BCUT2D eigenvalue weighted by Gasteiger charge is -2.36. The Morgan fingerprint density at radius 2 is 1.81 bits per heavy atom. The lowest BCUT2D eigenvalue weighted by atomic mass is 9.67. The highest BCUT2D eigenvalue weighted by molar-refractivity contribution is 5.87. The summed E-state index contributed by atoms with van der Waals surface area (Å²) in [5, 5.41) is 2.82. The van der Waals surface area contributed by atoms with Gasteiger partial charge in [0.1, 0.15) is 5.78 Å². The number of amides is 1. The fraction of sp³-hybridized carbons (Fsp3) is 0.571. The number of ether oxygens (including phenoxy) is 1. The normalized spacial score (nSPS) is 26.0. The SMILES string of the molecule is C[C@H](CNC(=O)COC(=O)C1C[C@H]2CCC[C@@H](C1)C2=O)c1ccccc1. The molecule has 2 fully saturated rings. The van der Waals surface area contributed by atoms with Gasteiger partial charge in [-0.1, -0.05) is 43.7 Å². The number of hydrogen-bond acceptors (Lipinski definition) is 4. The van der Waals surface area contributed by atoms with Crippen molar-refractivity contribution in [2.24, 2.45) is 17.8 Å². The molecule has 3 rings (SSSR count). The van der Waals surface area contributed by atoms with Gasteiger partial charge in [0.15, 0.2) is 6.61 Å². The van der Waals surface area contributed by atoms with Crippen molar-refractivity contribution < 1.29 is 19.1 Å². The molecule has 2 bridgehead atoms. The molecule has 2 saturated carbocycles. The van der Waals surface area contributed by atoms with Crippen LogP contribution in [0.1, 0.15) is 50.5 Å². The van der Waals surface area contributed by atoms with Crippen molar-refractivity contribution in [2.75, 3.05) is 13.2 Å². The van der Waals surface area contributed by atoms with Gasteiger partial charge in [-0.3, -0.25) is 14.4 Å². The Morgan fingerprint density at radius 3 is 2.46 bits per heavy atom. The van der Waals surface area contributed by atoms with Crippen LogP contribution in [0.15, 0.2) is 30.3 Å². The minimum Gasteiger partial charge on any atom is -0.455 e. The third-order valence-corrected chi connectivity index (χ3v) is 5.70. The summed E-state index contributed by atoms with van der Waals surface area (Å²) in [5.41, 5.74) is 1.16. The minimum atomic E-state index is -0.333. The molecular weight excluding hydrogens is 330 g/mol. The monoisotopic (exact) mass is 357 g/mol. The summed E-state index contributed by atoms with van der Waals surface area (Å²) >= 11 is 0. The molecule has 0 spiro atoms. The molecule has 0 heterocycles. The Hall–Kier alpha value is -2.17. The standard InChI is InChI=1S/C21H27NO4/c1-14(15-6-3-2-4-7-15)12-22-19(23)13-26-21(25)18-10-16-8-5-9-17(11-18)20(16)24/h2-4,6-7,14,16-18H,5,8-13H2,1H3,(H,22,23)/t14-,16-,17+,18?/m1/s1. The van der Waals surface area contributed by atoms with Crippen molar-refractivity contribution in [2.45, 2.75) is 44.9 Å². The molecule has 0 aliphatic heterocycles. The van der Waals surface area contributed by atoms with Crippen LogP contribution in [0.25, 0.3) is 0 Å². The first-order valence-corrected chi connectivity index (χ1v) is 9.56. The van der Waals surface area contributed by atoms with Crippen LogP contribution in [-0.2, 0) is 19.1 Å². The van der Waals surface area contributed by atoms with Crippen LogP contribution >= 0.6 is 0 Å². The molecule has 1 unspecified atom stereocenters. The molecule has 5 heteroatoms. The van der Waals surface area contributed by atoms with Crippen molar-refractivity contribution in [3.63, 3.8) is 0 Å². The summed E-state index contributed by atoms with van der Waals surface area (Å²) in [6, 6.07) is 9.96. The van der Waals surface area contributed by atoms with Crippen molar-refractivity contribution in [3.8, 4) is 0 Å². The molecule has 1 N–H and O–H groups in total. The topological polar surface area (TPSA) is 72.5 Å². The summed E-state index contributed by atoms with van der Waals surface area (Å²) in [7, 11) is 0. The Bertz CT molecular complexity index is 641. The molecule has 140 valence electrons. The smallest absolute Gasteiger partial charge is 0.309 e. The molecule has 0 radical (unpaired) electrons. The molecule has 2 aliphatic rings. The Labute approximate surface area is 154 Å². The lowest BCUT2D eigenvalue weighted by molar-refractivity contribution is -0.156. The second-order valence-electron chi connectivity index (χ2n) is 7.62. The number of carbonyl (C=O) groups excluding carboxylic acids is 3. The van der Waals surface area contributed by atoms with E-state index >= 15 is 0 Å². The summed E-state index contributed by atoms with van der Waals surface area (Å²) in [6.45, 7) is 2.29. The van der Waals surface area contributed by atoms with Crippen molar-refractivity contribution in [3.05, 3.63) is 35.9 Å². The maximum absolute atomic E-state index is 12.3. The molecule has 1 aromatic carbocycles. The van der Waals surface area contributed by atoms with E-state index in [0.29, 0.717) is 25.2 Å². The second kappa shape index (κ2) is 8.47. The van der Waals surface area contributed by atoms with Crippen LogP contribution in [0.5, 0.6) is 0 Å². The Kier molecular flexibility index (Phi) is 6.07. The number of esters is 1. The number of benzene rings is 1. The van der Waals surface area contributed by atoms with E-state index in [9.17, 15) is 14.4 Å². The fourth-order valence-electron chi connectivity index (χ4n) is 4.14. The molecule has 4 atom stereocenters. The third kappa shape index (κ3) is 4.51. The fourth-order valence-corrected chi connectivity index (χ4v) is 4.14. The van der Waals surface area contributed by atoms with Gasteiger partial charge in [0, 0.05) is 18.4 Å². The molecule has 5 nitrogen and oxygen atoms in total. The van der Waals surface area contributed by atoms with E-state index in [4.69, 9.17) is 4.74 Å². The van der Waals surface area contributed by atoms with Gasteiger partial charge in [0.25, 0.3) is 5.91 Å². The zero-order valence-corrected chi connectivity index (χ0v) is 15.3. The maximum atomic E-state index is 12.3. The van der Waals surface area contributed by atoms with Crippen LogP contribution in [0, 0.1) is 17.8 Å². The summed E-state index contributed by atoms with van der Waals surface area (Å²) in [4.78, 5) is 36.3. The maximum Gasteiger partial charge on any atom is 0.309 e. The summed E-state index contributed by atoms with van der Waals surface area (Å²) in [6.07, 6.45) is 4.01. The van der Waals surface area contributed by atoms with Gasteiger partial charge in [0.05, 0.1) is 5.92 Å². The van der Waals surface area contributed by atoms with Crippen molar-refractivity contribution in [1.29, 1.82) is 0 Å². The first kappa shape index (κ1) is 18.6. The zero-order chi connectivity index (χ0) is 18.5. The van der Waals surface area contributed by atoms with E-state index in [1.165, 1.54) is 0 Å². The number of hydrogen-bond donors (Lipinski definition) is 1. The molecule has 0 aromatic heterocycles. The molecule has 1 amide bonds. The van der Waals surface area contributed by atoms with Crippen molar-refractivity contribution >= 4 is 17.7 Å². The number of nitrogens with one attached hydrogen (secondary N) is 1. The number of Topliss-reactive ketones (excluding diaryl/α,β-unsaturated/α-hetero) is 1. The first-order chi connectivity index (χ1) is 12.5. The summed E-state index contributed by atoms with van der Waals surface area (Å²) < 4.78 is 5.22. The first-order valence-electron chi connectivity index (χ1n) is 9.56. The summed E-state index contributed by atoms with van der Waals surface area (Å²) in [5.74, 6) is -0.304. The molecule has 1 aromatic rings. The van der Waals surface area contributed by atoms with E-state index < -0.39 is 0 Å². The van der Waals surface area contributed by atoms with Gasteiger partial charge in [0.2, 0.25) is 0 Å². The van der Waals surface area contributed by atoms with Gasteiger partial charge in [-0.05, 0) is 37.2 Å². The van der Waals surface area contributed by atoms with E-state index in [2.05, 4.69) is 5.32 Å². The van der Waals surface area contributed by atoms with Gasteiger partial charge in [-0.2, -0.15) is 0 Å².